The lowest BCUT2D eigenvalue weighted by Gasteiger charge is -2.20. The van der Waals surface area contributed by atoms with E-state index >= 15 is 0 Å². The van der Waals surface area contributed by atoms with E-state index in [2.05, 4.69) is 11.8 Å². The molecular weight excluding hydrogens is 215 g/mol. The topological polar surface area (TPSA) is 29.3 Å². The number of nitrogens with zero attached hydrogens (tertiary/aromatic N) is 1. The Kier molecular flexibility index (Phi) is 2.74. The van der Waals surface area contributed by atoms with Crippen molar-refractivity contribution in [1.82, 2.24) is 0 Å². The first kappa shape index (κ1) is 10.6. The van der Waals surface area contributed by atoms with Crippen molar-refractivity contribution in [2.24, 2.45) is 5.92 Å². The van der Waals surface area contributed by atoms with Gasteiger partial charge in [0.1, 0.15) is 5.82 Å². The summed E-state index contributed by atoms with van der Waals surface area (Å²) in [4.78, 5) is 2.16. The van der Waals surface area contributed by atoms with Gasteiger partial charge in [0, 0.05) is 19.2 Å². The minimum atomic E-state index is -0.454. The van der Waals surface area contributed by atoms with Crippen LogP contribution < -0.4 is 10.6 Å². The summed E-state index contributed by atoms with van der Waals surface area (Å²) in [6, 6.07) is 2.91. The van der Waals surface area contributed by atoms with Gasteiger partial charge in [0.15, 0.2) is 0 Å². The summed E-state index contributed by atoms with van der Waals surface area (Å²) in [6.07, 6.45) is 1.15. The first-order valence-electron chi connectivity index (χ1n) is 5.07. The molecule has 82 valence electrons. The normalized spacial score (nSPS) is 21.0. The van der Waals surface area contributed by atoms with Gasteiger partial charge in [-0.15, -0.1) is 0 Å². The van der Waals surface area contributed by atoms with E-state index in [1.165, 1.54) is 6.07 Å². The van der Waals surface area contributed by atoms with Gasteiger partial charge in [-0.1, -0.05) is 18.5 Å². The molecule has 0 aliphatic carbocycles. The van der Waals surface area contributed by atoms with Crippen LogP contribution in [0.2, 0.25) is 5.02 Å². The van der Waals surface area contributed by atoms with Crippen LogP contribution >= 0.6 is 11.6 Å². The first-order chi connectivity index (χ1) is 7.08. The summed E-state index contributed by atoms with van der Waals surface area (Å²) in [6.45, 7) is 4.13. The van der Waals surface area contributed by atoms with Crippen LogP contribution in [-0.2, 0) is 0 Å². The maximum Gasteiger partial charge on any atom is 0.143 e. The lowest BCUT2D eigenvalue weighted by atomic mass is 10.2. The number of rotatable bonds is 1. The Balaban J connectivity index is 2.32. The van der Waals surface area contributed by atoms with Crippen LogP contribution in [0.4, 0.5) is 15.8 Å². The summed E-state index contributed by atoms with van der Waals surface area (Å²) < 4.78 is 13.1. The number of hydrogen-bond acceptors (Lipinski definition) is 2. The molecule has 4 heteroatoms. The van der Waals surface area contributed by atoms with Crippen molar-refractivity contribution in [3.63, 3.8) is 0 Å². The second-order valence-corrected chi connectivity index (χ2v) is 4.57. The Morgan fingerprint density at radius 3 is 2.87 bits per heavy atom. The molecule has 2 rings (SSSR count). The molecule has 1 aromatic carbocycles. The Morgan fingerprint density at radius 1 is 1.53 bits per heavy atom. The van der Waals surface area contributed by atoms with Crippen LogP contribution in [0.5, 0.6) is 0 Å². The average molecular weight is 229 g/mol. The summed E-state index contributed by atoms with van der Waals surface area (Å²) in [5, 5.41) is 0.138. The fourth-order valence-electron chi connectivity index (χ4n) is 1.98. The molecular formula is C11H14ClFN2. The summed E-state index contributed by atoms with van der Waals surface area (Å²) in [5.74, 6) is 0.207. The predicted molar refractivity (Wildman–Crippen MR) is 61.8 cm³/mol. The lowest BCUT2D eigenvalue weighted by Crippen LogP contribution is -2.20. The van der Waals surface area contributed by atoms with Gasteiger partial charge in [0.25, 0.3) is 0 Å². The van der Waals surface area contributed by atoms with Crippen LogP contribution in [0.15, 0.2) is 12.1 Å². The molecule has 1 aromatic rings. The van der Waals surface area contributed by atoms with E-state index in [9.17, 15) is 4.39 Å². The number of nitrogens with two attached hydrogens (primary N) is 1. The SMILES string of the molecule is CC1CCN(c2cc(Cl)c(F)cc2N)C1. The fraction of sp³-hybridized carbons (Fsp3) is 0.455. The Bertz CT molecular complexity index is 381. The third-order valence-corrected chi connectivity index (χ3v) is 3.12. The van der Waals surface area contributed by atoms with Crippen molar-refractivity contribution in [2.75, 3.05) is 23.7 Å². The highest BCUT2D eigenvalue weighted by atomic mass is 35.5. The van der Waals surface area contributed by atoms with E-state index < -0.39 is 5.82 Å². The first-order valence-corrected chi connectivity index (χ1v) is 5.45. The Labute approximate surface area is 93.8 Å². The van der Waals surface area contributed by atoms with E-state index in [1.54, 1.807) is 6.07 Å². The molecule has 1 fully saturated rings. The van der Waals surface area contributed by atoms with Gasteiger partial charge in [-0.2, -0.15) is 0 Å². The third-order valence-electron chi connectivity index (χ3n) is 2.83. The number of anilines is 2. The van der Waals surface area contributed by atoms with Crippen LogP contribution in [0.3, 0.4) is 0 Å². The standard InChI is InChI=1S/C11H14ClFN2/c1-7-2-3-15(6-7)11-4-8(12)9(13)5-10(11)14/h4-5,7H,2-3,6,14H2,1H3. The quantitative estimate of drug-likeness (QED) is 0.749. The minimum Gasteiger partial charge on any atom is -0.397 e. The van der Waals surface area contributed by atoms with E-state index in [1.807, 2.05) is 0 Å². The molecule has 1 saturated heterocycles. The fourth-order valence-corrected chi connectivity index (χ4v) is 2.14. The molecule has 0 aromatic heterocycles. The zero-order chi connectivity index (χ0) is 11.0. The van der Waals surface area contributed by atoms with Crippen molar-refractivity contribution in [1.29, 1.82) is 0 Å². The number of halogens is 2. The molecule has 0 radical (unpaired) electrons. The summed E-state index contributed by atoms with van der Waals surface area (Å²) >= 11 is 5.74. The average Bonchev–Trinajstić information content (AvgIpc) is 2.58. The van der Waals surface area contributed by atoms with E-state index in [4.69, 9.17) is 17.3 Å². The lowest BCUT2D eigenvalue weighted by molar-refractivity contribution is 0.628. The van der Waals surface area contributed by atoms with Crippen LogP contribution in [0.25, 0.3) is 0 Å². The summed E-state index contributed by atoms with van der Waals surface area (Å²) in [5.41, 5.74) is 7.09. The third kappa shape index (κ3) is 2.02. The highest BCUT2D eigenvalue weighted by Gasteiger charge is 2.21. The molecule has 1 aliphatic heterocycles. The van der Waals surface area contributed by atoms with E-state index in [-0.39, 0.29) is 5.02 Å². The number of hydrogen-bond donors (Lipinski definition) is 1. The number of nitrogen functional groups attached to an aromatic ring is 1. The van der Waals surface area contributed by atoms with E-state index in [0.717, 1.165) is 25.2 Å². The van der Waals surface area contributed by atoms with Gasteiger partial charge in [0.2, 0.25) is 0 Å². The van der Waals surface area contributed by atoms with Crippen LogP contribution in [0.1, 0.15) is 13.3 Å². The summed E-state index contributed by atoms with van der Waals surface area (Å²) in [7, 11) is 0. The largest absolute Gasteiger partial charge is 0.397 e. The van der Waals surface area contributed by atoms with Crippen molar-refractivity contribution >= 4 is 23.0 Å². The predicted octanol–water partition coefficient (Wildman–Crippen LogP) is 2.91. The van der Waals surface area contributed by atoms with Crippen molar-refractivity contribution in [3.05, 3.63) is 23.0 Å². The van der Waals surface area contributed by atoms with Crippen molar-refractivity contribution < 1.29 is 4.39 Å². The highest BCUT2D eigenvalue weighted by molar-refractivity contribution is 6.31. The maximum atomic E-state index is 13.1. The molecule has 15 heavy (non-hydrogen) atoms. The molecule has 1 atom stereocenters. The molecule has 1 unspecified atom stereocenters. The van der Waals surface area contributed by atoms with Gasteiger partial charge in [-0.3, -0.25) is 0 Å². The molecule has 0 spiro atoms. The van der Waals surface area contributed by atoms with E-state index in [0.29, 0.717) is 11.6 Å². The highest BCUT2D eigenvalue weighted by Crippen LogP contribution is 2.32. The minimum absolute atomic E-state index is 0.138. The van der Waals surface area contributed by atoms with Gasteiger partial charge in [-0.05, 0) is 18.4 Å². The van der Waals surface area contributed by atoms with Gasteiger partial charge in [-0.25, -0.2) is 4.39 Å². The molecule has 2 N–H and O–H groups in total. The Hall–Kier alpha value is -0.960. The Morgan fingerprint density at radius 2 is 2.27 bits per heavy atom. The molecule has 1 aliphatic rings. The maximum absolute atomic E-state index is 13.1. The number of benzene rings is 1. The van der Waals surface area contributed by atoms with Gasteiger partial charge < -0.3 is 10.6 Å². The van der Waals surface area contributed by atoms with Crippen molar-refractivity contribution in [3.8, 4) is 0 Å². The second-order valence-electron chi connectivity index (χ2n) is 4.16. The van der Waals surface area contributed by atoms with Gasteiger partial charge in [0.05, 0.1) is 16.4 Å². The van der Waals surface area contributed by atoms with Crippen LogP contribution in [-0.4, -0.2) is 13.1 Å². The second kappa shape index (κ2) is 3.89. The van der Waals surface area contributed by atoms with Crippen LogP contribution in [0, 0.1) is 11.7 Å². The zero-order valence-electron chi connectivity index (χ0n) is 8.63. The zero-order valence-corrected chi connectivity index (χ0v) is 9.39. The molecule has 2 nitrogen and oxygen atoms in total. The molecule has 0 bridgehead atoms. The smallest absolute Gasteiger partial charge is 0.143 e. The monoisotopic (exact) mass is 228 g/mol. The molecule has 1 heterocycles. The molecule has 0 amide bonds. The molecule has 0 saturated carbocycles. The van der Waals surface area contributed by atoms with Crippen molar-refractivity contribution in [2.45, 2.75) is 13.3 Å². The van der Waals surface area contributed by atoms with Gasteiger partial charge >= 0.3 is 0 Å².